The highest BCUT2D eigenvalue weighted by Gasteiger charge is 2.08. The summed E-state index contributed by atoms with van der Waals surface area (Å²) in [5.74, 6) is 2.21. The van der Waals surface area contributed by atoms with Crippen LogP contribution in [0.2, 0.25) is 0 Å². The van der Waals surface area contributed by atoms with Gasteiger partial charge in [-0.15, -0.1) is 0 Å². The Morgan fingerprint density at radius 1 is 1.38 bits per heavy atom. The number of aromatic nitrogens is 3. The Balaban J connectivity index is 2.49. The number of rotatable bonds is 2. The third-order valence-corrected chi connectivity index (χ3v) is 2.36. The smallest absolute Gasteiger partial charge is 0.158 e. The Labute approximate surface area is 93.9 Å². The van der Waals surface area contributed by atoms with Crippen molar-refractivity contribution in [2.75, 3.05) is 12.8 Å². The molecule has 0 spiro atoms. The van der Waals surface area contributed by atoms with E-state index in [-0.39, 0.29) is 0 Å². The minimum atomic E-state index is 0.598. The van der Waals surface area contributed by atoms with Gasteiger partial charge < -0.3 is 10.5 Å². The van der Waals surface area contributed by atoms with Gasteiger partial charge in [0.25, 0.3) is 0 Å². The summed E-state index contributed by atoms with van der Waals surface area (Å²) in [5, 5.41) is 4.19. The molecule has 0 radical (unpaired) electrons. The van der Waals surface area contributed by atoms with Gasteiger partial charge in [-0.2, -0.15) is 5.10 Å². The standard InChI is InChI=1S/C11H14N4O/c1-7-13-11(15(2)14-7)8-4-5-10(16-3)9(12)6-8/h4-6H,12H2,1-3H3. The van der Waals surface area contributed by atoms with Crippen molar-refractivity contribution in [3.63, 3.8) is 0 Å². The molecule has 2 rings (SSSR count). The maximum atomic E-state index is 5.84. The van der Waals surface area contributed by atoms with E-state index in [0.29, 0.717) is 11.4 Å². The summed E-state index contributed by atoms with van der Waals surface area (Å²) >= 11 is 0. The van der Waals surface area contributed by atoms with Gasteiger partial charge in [0, 0.05) is 12.6 Å². The van der Waals surface area contributed by atoms with Crippen molar-refractivity contribution in [3.8, 4) is 17.1 Å². The van der Waals surface area contributed by atoms with Crippen molar-refractivity contribution < 1.29 is 4.74 Å². The van der Waals surface area contributed by atoms with Gasteiger partial charge in [0.2, 0.25) is 0 Å². The summed E-state index contributed by atoms with van der Waals surface area (Å²) in [5.41, 5.74) is 7.37. The largest absolute Gasteiger partial charge is 0.495 e. The third kappa shape index (κ3) is 1.71. The van der Waals surface area contributed by atoms with Gasteiger partial charge in [0.15, 0.2) is 5.82 Å². The zero-order chi connectivity index (χ0) is 11.7. The summed E-state index contributed by atoms with van der Waals surface area (Å²) in [4.78, 5) is 4.33. The molecule has 0 bridgehead atoms. The average Bonchev–Trinajstić information content (AvgIpc) is 2.58. The lowest BCUT2D eigenvalue weighted by Crippen LogP contribution is -1.97. The van der Waals surface area contributed by atoms with Crippen LogP contribution < -0.4 is 10.5 Å². The first-order valence-electron chi connectivity index (χ1n) is 4.93. The second kappa shape index (κ2) is 3.84. The quantitative estimate of drug-likeness (QED) is 0.773. The molecule has 1 aromatic heterocycles. The van der Waals surface area contributed by atoms with Crippen molar-refractivity contribution in [3.05, 3.63) is 24.0 Å². The van der Waals surface area contributed by atoms with Gasteiger partial charge in [-0.05, 0) is 25.1 Å². The van der Waals surface area contributed by atoms with Gasteiger partial charge >= 0.3 is 0 Å². The number of aryl methyl sites for hydroxylation is 2. The van der Waals surface area contributed by atoms with Crippen molar-refractivity contribution in [1.29, 1.82) is 0 Å². The van der Waals surface area contributed by atoms with E-state index in [1.54, 1.807) is 11.8 Å². The molecule has 0 saturated heterocycles. The molecule has 5 nitrogen and oxygen atoms in total. The summed E-state index contributed by atoms with van der Waals surface area (Å²) in [6.45, 7) is 1.86. The molecule has 0 fully saturated rings. The van der Waals surface area contributed by atoms with Gasteiger partial charge in [0.1, 0.15) is 11.6 Å². The van der Waals surface area contributed by atoms with Crippen LogP contribution in [0, 0.1) is 6.92 Å². The van der Waals surface area contributed by atoms with Crippen LogP contribution in [0.5, 0.6) is 5.75 Å². The van der Waals surface area contributed by atoms with Gasteiger partial charge in [-0.25, -0.2) is 9.67 Å². The van der Waals surface area contributed by atoms with E-state index < -0.39 is 0 Å². The maximum Gasteiger partial charge on any atom is 0.158 e. The minimum Gasteiger partial charge on any atom is -0.495 e. The molecule has 1 aromatic carbocycles. The van der Waals surface area contributed by atoms with Crippen LogP contribution in [-0.2, 0) is 7.05 Å². The molecule has 0 aliphatic rings. The average molecular weight is 218 g/mol. The van der Waals surface area contributed by atoms with E-state index in [2.05, 4.69) is 10.1 Å². The lowest BCUT2D eigenvalue weighted by atomic mass is 10.2. The summed E-state index contributed by atoms with van der Waals surface area (Å²) < 4.78 is 6.84. The SMILES string of the molecule is COc1ccc(-c2nc(C)nn2C)cc1N. The van der Waals surface area contributed by atoms with Crippen LogP contribution in [0.15, 0.2) is 18.2 Å². The zero-order valence-corrected chi connectivity index (χ0v) is 9.56. The first kappa shape index (κ1) is 10.5. The van der Waals surface area contributed by atoms with Gasteiger partial charge in [-0.1, -0.05) is 0 Å². The molecule has 0 saturated carbocycles. The molecule has 0 unspecified atom stereocenters. The van der Waals surface area contributed by atoms with Crippen LogP contribution in [-0.4, -0.2) is 21.9 Å². The Morgan fingerprint density at radius 2 is 2.12 bits per heavy atom. The van der Waals surface area contributed by atoms with Crippen molar-refractivity contribution in [1.82, 2.24) is 14.8 Å². The molecule has 0 atom stereocenters. The number of methoxy groups -OCH3 is 1. The predicted molar refractivity (Wildman–Crippen MR) is 62.1 cm³/mol. The lowest BCUT2D eigenvalue weighted by Gasteiger charge is -2.06. The van der Waals surface area contributed by atoms with E-state index in [1.807, 2.05) is 32.2 Å². The van der Waals surface area contributed by atoms with Gasteiger partial charge in [0.05, 0.1) is 12.8 Å². The highest BCUT2D eigenvalue weighted by molar-refractivity contribution is 5.66. The molecular formula is C11H14N4O. The number of hydrogen-bond donors (Lipinski definition) is 1. The molecule has 84 valence electrons. The monoisotopic (exact) mass is 218 g/mol. The Morgan fingerprint density at radius 3 is 2.62 bits per heavy atom. The Kier molecular flexibility index (Phi) is 2.52. The molecule has 2 N–H and O–H groups in total. The second-order valence-corrected chi connectivity index (χ2v) is 3.56. The van der Waals surface area contributed by atoms with E-state index >= 15 is 0 Å². The fourth-order valence-corrected chi connectivity index (χ4v) is 1.64. The molecule has 5 heteroatoms. The highest BCUT2D eigenvalue weighted by atomic mass is 16.5. The van der Waals surface area contributed by atoms with Crippen LogP contribution in [0.3, 0.4) is 0 Å². The molecule has 0 amide bonds. The first-order chi connectivity index (χ1) is 7.61. The Hall–Kier alpha value is -2.04. The number of benzene rings is 1. The van der Waals surface area contributed by atoms with Crippen LogP contribution in [0.4, 0.5) is 5.69 Å². The van der Waals surface area contributed by atoms with E-state index in [4.69, 9.17) is 10.5 Å². The highest BCUT2D eigenvalue weighted by Crippen LogP contribution is 2.26. The molecular weight excluding hydrogens is 204 g/mol. The number of hydrogen-bond acceptors (Lipinski definition) is 4. The van der Waals surface area contributed by atoms with Gasteiger partial charge in [-0.3, -0.25) is 0 Å². The second-order valence-electron chi connectivity index (χ2n) is 3.56. The third-order valence-electron chi connectivity index (χ3n) is 2.36. The molecule has 16 heavy (non-hydrogen) atoms. The number of ether oxygens (including phenoxy) is 1. The number of nitrogens with zero attached hydrogens (tertiary/aromatic N) is 3. The maximum absolute atomic E-state index is 5.84. The molecule has 1 heterocycles. The number of anilines is 1. The molecule has 2 aromatic rings. The van der Waals surface area contributed by atoms with E-state index in [9.17, 15) is 0 Å². The minimum absolute atomic E-state index is 0.598. The van der Waals surface area contributed by atoms with Crippen LogP contribution in [0.1, 0.15) is 5.82 Å². The topological polar surface area (TPSA) is 66.0 Å². The van der Waals surface area contributed by atoms with Crippen LogP contribution in [0.25, 0.3) is 11.4 Å². The van der Waals surface area contributed by atoms with Crippen molar-refractivity contribution in [2.45, 2.75) is 6.92 Å². The molecule has 0 aliphatic carbocycles. The fraction of sp³-hybridized carbons (Fsp3) is 0.273. The predicted octanol–water partition coefficient (Wildman–Crippen LogP) is 1.38. The van der Waals surface area contributed by atoms with E-state index in [0.717, 1.165) is 17.2 Å². The van der Waals surface area contributed by atoms with Crippen LogP contribution >= 0.6 is 0 Å². The summed E-state index contributed by atoms with van der Waals surface area (Å²) in [7, 11) is 3.45. The Bertz CT molecular complexity index is 519. The van der Waals surface area contributed by atoms with Crippen molar-refractivity contribution in [2.24, 2.45) is 7.05 Å². The van der Waals surface area contributed by atoms with E-state index in [1.165, 1.54) is 0 Å². The lowest BCUT2D eigenvalue weighted by molar-refractivity contribution is 0.417. The fourth-order valence-electron chi connectivity index (χ4n) is 1.64. The molecule has 0 aliphatic heterocycles. The summed E-state index contributed by atoms with van der Waals surface area (Å²) in [6.07, 6.45) is 0. The number of nitrogen functional groups attached to an aromatic ring is 1. The summed E-state index contributed by atoms with van der Waals surface area (Å²) in [6, 6.07) is 5.58. The van der Waals surface area contributed by atoms with Crippen molar-refractivity contribution >= 4 is 5.69 Å². The normalized spacial score (nSPS) is 10.4. The number of nitrogens with two attached hydrogens (primary N) is 1. The zero-order valence-electron chi connectivity index (χ0n) is 9.56. The first-order valence-corrected chi connectivity index (χ1v) is 4.93.